The Morgan fingerprint density at radius 2 is 1.82 bits per heavy atom. The fourth-order valence-electron chi connectivity index (χ4n) is 2.26. The van der Waals surface area contributed by atoms with Gasteiger partial charge in [-0.1, -0.05) is 0 Å². The van der Waals surface area contributed by atoms with E-state index >= 15 is 0 Å². The van der Waals surface area contributed by atoms with Gasteiger partial charge in [0, 0.05) is 20.0 Å². The van der Waals surface area contributed by atoms with Crippen molar-refractivity contribution in [2.45, 2.75) is 44.1 Å². The summed E-state index contributed by atoms with van der Waals surface area (Å²) < 4.78 is 30.9. The lowest BCUT2D eigenvalue weighted by Crippen LogP contribution is -2.56. The number of halogens is 2. The van der Waals surface area contributed by atoms with Gasteiger partial charge < -0.3 is 14.9 Å². The molecule has 1 saturated carbocycles. The number of hydrogen-bond donors (Lipinski definition) is 2. The molecule has 2 N–H and O–H groups in total. The maximum absolute atomic E-state index is 13.0. The molecule has 0 aromatic carbocycles. The fourth-order valence-corrected chi connectivity index (χ4v) is 2.26. The average Bonchev–Trinajstić information content (AvgIpc) is 2.23. The summed E-state index contributed by atoms with van der Waals surface area (Å²) in [6.07, 6.45) is -1.44. The zero-order chi connectivity index (χ0) is 13.3. The molecule has 0 bridgehead atoms. The highest BCUT2D eigenvalue weighted by molar-refractivity contribution is 5.76. The number of rotatable bonds is 4. The number of methoxy groups -OCH3 is 1. The summed E-state index contributed by atoms with van der Waals surface area (Å²) in [5, 5.41) is 19.5. The standard InChI is InChI=1S/C11H18F2O4/c1-9(7-17-2,8(14)15)10(16)3-5-11(12,13)6-4-10/h16H,3-7H2,1-2H3,(H,14,15). The van der Waals surface area contributed by atoms with Crippen molar-refractivity contribution in [3.8, 4) is 0 Å². The highest BCUT2D eigenvalue weighted by atomic mass is 19.3. The molecule has 0 aromatic heterocycles. The Kier molecular flexibility index (Phi) is 3.78. The van der Waals surface area contributed by atoms with Crippen molar-refractivity contribution >= 4 is 5.97 Å². The first-order valence-corrected chi connectivity index (χ1v) is 5.49. The van der Waals surface area contributed by atoms with Crippen molar-refractivity contribution in [1.29, 1.82) is 0 Å². The van der Waals surface area contributed by atoms with Gasteiger partial charge >= 0.3 is 5.97 Å². The molecule has 1 fully saturated rings. The second kappa shape index (κ2) is 4.49. The molecule has 1 unspecified atom stereocenters. The van der Waals surface area contributed by atoms with Gasteiger partial charge in [0.15, 0.2) is 0 Å². The highest BCUT2D eigenvalue weighted by Gasteiger charge is 2.56. The van der Waals surface area contributed by atoms with Crippen LogP contribution in [0.4, 0.5) is 8.78 Å². The van der Waals surface area contributed by atoms with E-state index < -0.39 is 35.7 Å². The second-order valence-electron chi connectivity index (χ2n) is 4.96. The summed E-state index contributed by atoms with van der Waals surface area (Å²) in [5.74, 6) is -4.04. The number of alkyl halides is 2. The predicted molar refractivity (Wildman–Crippen MR) is 56.0 cm³/mol. The van der Waals surface area contributed by atoms with E-state index in [0.29, 0.717) is 0 Å². The fraction of sp³-hybridized carbons (Fsp3) is 0.909. The molecule has 0 saturated heterocycles. The van der Waals surface area contributed by atoms with E-state index in [1.165, 1.54) is 14.0 Å². The molecule has 1 atom stereocenters. The van der Waals surface area contributed by atoms with E-state index in [2.05, 4.69) is 0 Å². The van der Waals surface area contributed by atoms with Crippen LogP contribution in [-0.4, -0.2) is 41.4 Å². The van der Waals surface area contributed by atoms with E-state index in [0.717, 1.165) is 0 Å². The van der Waals surface area contributed by atoms with E-state index in [1.807, 2.05) is 0 Å². The van der Waals surface area contributed by atoms with Gasteiger partial charge in [0.2, 0.25) is 5.92 Å². The van der Waals surface area contributed by atoms with Crippen LogP contribution in [0.1, 0.15) is 32.6 Å². The lowest BCUT2D eigenvalue weighted by atomic mass is 9.65. The Hall–Kier alpha value is -0.750. The van der Waals surface area contributed by atoms with Crippen LogP contribution in [0.5, 0.6) is 0 Å². The van der Waals surface area contributed by atoms with E-state index in [1.54, 1.807) is 0 Å². The van der Waals surface area contributed by atoms with Crippen LogP contribution < -0.4 is 0 Å². The van der Waals surface area contributed by atoms with E-state index in [-0.39, 0.29) is 19.4 Å². The molecule has 0 spiro atoms. The molecule has 4 nitrogen and oxygen atoms in total. The quantitative estimate of drug-likeness (QED) is 0.798. The molecular formula is C11H18F2O4. The van der Waals surface area contributed by atoms with Crippen molar-refractivity contribution in [2.75, 3.05) is 13.7 Å². The molecule has 1 aliphatic carbocycles. The third kappa shape index (κ3) is 2.57. The normalized spacial score (nSPS) is 26.2. The Balaban J connectivity index is 2.92. The minimum atomic E-state index is -2.81. The van der Waals surface area contributed by atoms with Crippen LogP contribution >= 0.6 is 0 Å². The van der Waals surface area contributed by atoms with Crippen LogP contribution in [0.15, 0.2) is 0 Å². The molecule has 0 aromatic rings. The summed E-state index contributed by atoms with van der Waals surface area (Å²) in [6.45, 7) is 1.13. The third-order valence-electron chi connectivity index (χ3n) is 3.74. The topological polar surface area (TPSA) is 66.8 Å². The van der Waals surface area contributed by atoms with E-state index in [9.17, 15) is 23.8 Å². The number of ether oxygens (including phenoxy) is 1. The Labute approximate surface area is 98.6 Å². The summed E-state index contributed by atoms with van der Waals surface area (Å²) in [4.78, 5) is 11.2. The minimum absolute atomic E-state index is 0.204. The average molecular weight is 252 g/mol. The first-order chi connectivity index (χ1) is 7.67. The molecule has 0 radical (unpaired) electrons. The predicted octanol–water partition coefficient (Wildman–Crippen LogP) is 1.66. The molecule has 17 heavy (non-hydrogen) atoms. The van der Waals surface area contributed by atoms with Gasteiger partial charge in [0.1, 0.15) is 5.41 Å². The number of aliphatic carboxylic acids is 1. The van der Waals surface area contributed by atoms with Gasteiger partial charge in [0.25, 0.3) is 0 Å². The lowest BCUT2D eigenvalue weighted by molar-refractivity contribution is -0.194. The van der Waals surface area contributed by atoms with Gasteiger partial charge in [-0.2, -0.15) is 0 Å². The third-order valence-corrected chi connectivity index (χ3v) is 3.74. The smallest absolute Gasteiger partial charge is 0.314 e. The van der Waals surface area contributed by atoms with E-state index in [4.69, 9.17) is 4.74 Å². The molecule has 0 amide bonds. The molecular weight excluding hydrogens is 234 g/mol. The zero-order valence-corrected chi connectivity index (χ0v) is 10.0. The lowest BCUT2D eigenvalue weighted by Gasteiger charge is -2.45. The van der Waals surface area contributed by atoms with Gasteiger partial charge in [-0.3, -0.25) is 4.79 Å². The maximum Gasteiger partial charge on any atom is 0.314 e. The first-order valence-electron chi connectivity index (χ1n) is 5.49. The largest absolute Gasteiger partial charge is 0.481 e. The monoisotopic (exact) mass is 252 g/mol. The SMILES string of the molecule is COCC(C)(C(=O)O)C1(O)CCC(F)(F)CC1. The van der Waals surface area contributed by atoms with Gasteiger partial charge in [-0.05, 0) is 19.8 Å². The van der Waals surface area contributed by atoms with Gasteiger partial charge in [-0.15, -0.1) is 0 Å². The van der Waals surface area contributed by atoms with Crippen LogP contribution in [0.25, 0.3) is 0 Å². The number of carbonyl (C=O) groups is 1. The Bertz CT molecular complexity index is 296. The molecule has 0 heterocycles. The van der Waals surface area contributed by atoms with Gasteiger partial charge in [-0.25, -0.2) is 8.78 Å². The summed E-state index contributed by atoms with van der Waals surface area (Å²) in [6, 6.07) is 0. The molecule has 1 rings (SSSR count). The Morgan fingerprint density at radius 3 is 2.18 bits per heavy atom. The van der Waals surface area contributed by atoms with Crippen LogP contribution in [0.3, 0.4) is 0 Å². The summed E-state index contributed by atoms with van der Waals surface area (Å²) in [5.41, 5.74) is -3.20. The molecule has 0 aliphatic heterocycles. The molecule has 6 heteroatoms. The van der Waals surface area contributed by atoms with Crippen LogP contribution in [0, 0.1) is 5.41 Å². The first kappa shape index (κ1) is 14.3. The van der Waals surface area contributed by atoms with Crippen molar-refractivity contribution in [1.82, 2.24) is 0 Å². The van der Waals surface area contributed by atoms with Gasteiger partial charge in [0.05, 0.1) is 12.2 Å². The van der Waals surface area contributed by atoms with Crippen LogP contribution in [-0.2, 0) is 9.53 Å². The van der Waals surface area contributed by atoms with Crippen molar-refractivity contribution in [3.05, 3.63) is 0 Å². The molecule has 100 valence electrons. The van der Waals surface area contributed by atoms with Crippen LogP contribution in [0.2, 0.25) is 0 Å². The number of aliphatic hydroxyl groups is 1. The Morgan fingerprint density at radius 1 is 1.35 bits per heavy atom. The minimum Gasteiger partial charge on any atom is -0.481 e. The van der Waals surface area contributed by atoms with Crippen molar-refractivity contribution in [3.63, 3.8) is 0 Å². The number of hydrogen-bond acceptors (Lipinski definition) is 3. The molecule has 1 aliphatic rings. The number of carboxylic acid groups (broad SMARTS) is 1. The second-order valence-corrected chi connectivity index (χ2v) is 4.96. The highest BCUT2D eigenvalue weighted by Crippen LogP contribution is 2.47. The summed E-state index contributed by atoms with van der Waals surface area (Å²) in [7, 11) is 1.32. The van der Waals surface area contributed by atoms with Crippen molar-refractivity contribution < 1.29 is 28.5 Å². The van der Waals surface area contributed by atoms with Crippen molar-refractivity contribution in [2.24, 2.45) is 5.41 Å². The maximum atomic E-state index is 13.0. The summed E-state index contributed by atoms with van der Waals surface area (Å²) >= 11 is 0. The number of carboxylic acids is 1. The zero-order valence-electron chi connectivity index (χ0n) is 10.0.